The lowest BCUT2D eigenvalue weighted by Crippen LogP contribution is -2.48. The summed E-state index contributed by atoms with van der Waals surface area (Å²) in [7, 11) is 0. The maximum atomic E-state index is 6.07. The molecule has 2 rings (SSSR count). The van der Waals surface area contributed by atoms with Gasteiger partial charge in [-0.2, -0.15) is 0 Å². The lowest BCUT2D eigenvalue weighted by molar-refractivity contribution is 0.154. The molecule has 0 radical (unpaired) electrons. The molecule has 1 heterocycles. The van der Waals surface area contributed by atoms with Crippen molar-refractivity contribution in [1.82, 2.24) is 4.90 Å². The molecule has 0 unspecified atom stereocenters. The van der Waals surface area contributed by atoms with Gasteiger partial charge in [0.1, 0.15) is 0 Å². The van der Waals surface area contributed by atoms with Gasteiger partial charge in [0.15, 0.2) is 0 Å². The van der Waals surface area contributed by atoms with E-state index in [1.54, 1.807) is 0 Å². The van der Waals surface area contributed by atoms with Crippen LogP contribution in [-0.4, -0.2) is 30.6 Å². The van der Waals surface area contributed by atoms with E-state index in [4.69, 9.17) is 5.73 Å². The SMILES string of the molecule is CCN1C[C@@H]2CC[C@@H](C1)C2N. The number of fused-ring (bicyclic) bond motifs is 2. The number of likely N-dealkylation sites (tertiary alicyclic amines) is 1. The minimum atomic E-state index is 0.526. The van der Waals surface area contributed by atoms with Crippen molar-refractivity contribution >= 4 is 0 Å². The summed E-state index contributed by atoms with van der Waals surface area (Å²) < 4.78 is 0. The Hall–Kier alpha value is -0.0800. The highest BCUT2D eigenvalue weighted by Gasteiger charge is 2.38. The summed E-state index contributed by atoms with van der Waals surface area (Å²) >= 11 is 0. The van der Waals surface area contributed by atoms with Crippen molar-refractivity contribution in [3.8, 4) is 0 Å². The maximum Gasteiger partial charge on any atom is 0.0120 e. The second-order valence-electron chi connectivity index (χ2n) is 4.03. The summed E-state index contributed by atoms with van der Waals surface area (Å²) in [4.78, 5) is 2.55. The predicted molar refractivity (Wildman–Crippen MR) is 46.3 cm³/mol. The molecule has 1 saturated carbocycles. The molecule has 0 aromatic carbocycles. The van der Waals surface area contributed by atoms with E-state index >= 15 is 0 Å². The number of piperidine rings is 1. The summed E-state index contributed by atoms with van der Waals surface area (Å²) in [5.41, 5.74) is 6.07. The van der Waals surface area contributed by atoms with Gasteiger partial charge in [-0.1, -0.05) is 6.92 Å². The zero-order chi connectivity index (χ0) is 7.84. The summed E-state index contributed by atoms with van der Waals surface area (Å²) in [5.74, 6) is 1.63. The third-order valence-corrected chi connectivity index (χ3v) is 3.43. The topological polar surface area (TPSA) is 29.3 Å². The quantitative estimate of drug-likeness (QED) is 0.601. The van der Waals surface area contributed by atoms with E-state index in [1.807, 2.05) is 0 Å². The maximum absolute atomic E-state index is 6.07. The number of hydrogen-bond donors (Lipinski definition) is 1. The van der Waals surface area contributed by atoms with Crippen molar-refractivity contribution in [3.05, 3.63) is 0 Å². The average Bonchev–Trinajstić information content (AvgIpc) is 2.26. The van der Waals surface area contributed by atoms with Crippen molar-refractivity contribution in [2.45, 2.75) is 25.8 Å². The first-order chi connectivity index (χ1) is 5.31. The Labute approximate surface area is 68.7 Å². The highest BCUT2D eigenvalue weighted by Crippen LogP contribution is 2.35. The van der Waals surface area contributed by atoms with Crippen LogP contribution in [0.25, 0.3) is 0 Å². The molecule has 0 aromatic rings. The van der Waals surface area contributed by atoms with E-state index in [-0.39, 0.29) is 0 Å². The Morgan fingerprint density at radius 3 is 2.27 bits per heavy atom. The number of nitrogens with zero attached hydrogens (tertiary/aromatic N) is 1. The molecule has 2 N–H and O–H groups in total. The molecule has 2 nitrogen and oxygen atoms in total. The zero-order valence-corrected chi connectivity index (χ0v) is 7.29. The first-order valence-electron chi connectivity index (χ1n) is 4.79. The van der Waals surface area contributed by atoms with Crippen LogP contribution < -0.4 is 5.73 Å². The van der Waals surface area contributed by atoms with E-state index < -0.39 is 0 Å². The molecule has 2 fully saturated rings. The minimum absolute atomic E-state index is 0.526. The monoisotopic (exact) mass is 154 g/mol. The van der Waals surface area contributed by atoms with Crippen LogP contribution in [0.3, 0.4) is 0 Å². The summed E-state index contributed by atoms with van der Waals surface area (Å²) in [6.07, 6.45) is 2.75. The average molecular weight is 154 g/mol. The first kappa shape index (κ1) is 7.56. The third kappa shape index (κ3) is 1.18. The second-order valence-corrected chi connectivity index (χ2v) is 4.03. The van der Waals surface area contributed by atoms with Crippen molar-refractivity contribution in [2.75, 3.05) is 19.6 Å². The molecule has 1 aliphatic heterocycles. The lowest BCUT2D eigenvalue weighted by atomic mass is 9.93. The van der Waals surface area contributed by atoms with Gasteiger partial charge in [0.25, 0.3) is 0 Å². The van der Waals surface area contributed by atoms with Crippen LogP contribution >= 0.6 is 0 Å². The van der Waals surface area contributed by atoms with Crippen LogP contribution in [0.5, 0.6) is 0 Å². The van der Waals surface area contributed by atoms with Crippen LogP contribution in [0, 0.1) is 11.8 Å². The van der Waals surface area contributed by atoms with E-state index in [2.05, 4.69) is 11.8 Å². The van der Waals surface area contributed by atoms with Gasteiger partial charge in [-0.05, 0) is 31.2 Å². The Kier molecular flexibility index (Phi) is 1.90. The van der Waals surface area contributed by atoms with Gasteiger partial charge in [0.2, 0.25) is 0 Å². The molecular formula is C9H18N2. The van der Waals surface area contributed by atoms with Gasteiger partial charge in [-0.15, -0.1) is 0 Å². The predicted octanol–water partition coefficient (Wildman–Crippen LogP) is 0.675. The fourth-order valence-electron chi connectivity index (χ4n) is 2.62. The highest BCUT2D eigenvalue weighted by molar-refractivity contribution is 4.94. The van der Waals surface area contributed by atoms with Crippen LogP contribution in [0.2, 0.25) is 0 Å². The molecule has 2 atom stereocenters. The molecule has 2 bridgehead atoms. The van der Waals surface area contributed by atoms with Gasteiger partial charge in [-0.3, -0.25) is 0 Å². The van der Waals surface area contributed by atoms with E-state index in [9.17, 15) is 0 Å². The minimum Gasteiger partial charge on any atom is -0.327 e. The van der Waals surface area contributed by atoms with Crippen LogP contribution in [0.15, 0.2) is 0 Å². The summed E-state index contributed by atoms with van der Waals surface area (Å²) in [6, 6.07) is 0.526. The van der Waals surface area contributed by atoms with E-state index in [0.29, 0.717) is 6.04 Å². The summed E-state index contributed by atoms with van der Waals surface area (Å²) in [6.45, 7) is 5.97. The van der Waals surface area contributed by atoms with Crippen molar-refractivity contribution in [3.63, 3.8) is 0 Å². The van der Waals surface area contributed by atoms with Gasteiger partial charge in [0, 0.05) is 19.1 Å². The van der Waals surface area contributed by atoms with Crippen molar-refractivity contribution in [1.29, 1.82) is 0 Å². The largest absolute Gasteiger partial charge is 0.327 e. The molecule has 1 saturated heterocycles. The molecule has 64 valence electrons. The standard InChI is InChI=1S/C9H18N2/c1-2-11-5-7-3-4-8(6-11)9(7)10/h7-9H,2-6,10H2,1H3/t7-,8-/m0/s1. The van der Waals surface area contributed by atoms with Gasteiger partial charge < -0.3 is 10.6 Å². The third-order valence-electron chi connectivity index (χ3n) is 3.43. The van der Waals surface area contributed by atoms with Crippen LogP contribution in [-0.2, 0) is 0 Å². The van der Waals surface area contributed by atoms with Crippen molar-refractivity contribution < 1.29 is 0 Å². The Morgan fingerprint density at radius 2 is 1.82 bits per heavy atom. The number of rotatable bonds is 1. The normalized spacial score (nSPS) is 44.7. The smallest absolute Gasteiger partial charge is 0.0120 e. The number of hydrogen-bond acceptors (Lipinski definition) is 2. The Morgan fingerprint density at radius 1 is 1.27 bits per heavy atom. The molecular weight excluding hydrogens is 136 g/mol. The number of nitrogens with two attached hydrogens (primary N) is 1. The molecule has 2 aliphatic rings. The first-order valence-corrected chi connectivity index (χ1v) is 4.79. The molecule has 0 amide bonds. The van der Waals surface area contributed by atoms with Crippen molar-refractivity contribution in [2.24, 2.45) is 17.6 Å². The molecule has 2 heteroatoms. The fourth-order valence-corrected chi connectivity index (χ4v) is 2.62. The fraction of sp³-hybridized carbons (Fsp3) is 1.00. The van der Waals surface area contributed by atoms with Crippen LogP contribution in [0.4, 0.5) is 0 Å². The van der Waals surface area contributed by atoms with E-state index in [0.717, 1.165) is 11.8 Å². The van der Waals surface area contributed by atoms with Gasteiger partial charge in [-0.25, -0.2) is 0 Å². The van der Waals surface area contributed by atoms with Gasteiger partial charge in [0.05, 0.1) is 0 Å². The second kappa shape index (κ2) is 2.76. The van der Waals surface area contributed by atoms with Crippen LogP contribution in [0.1, 0.15) is 19.8 Å². The highest BCUT2D eigenvalue weighted by atomic mass is 15.1. The summed E-state index contributed by atoms with van der Waals surface area (Å²) in [5, 5.41) is 0. The van der Waals surface area contributed by atoms with Gasteiger partial charge >= 0.3 is 0 Å². The molecule has 1 aliphatic carbocycles. The molecule has 0 spiro atoms. The molecule has 0 aromatic heterocycles. The Balaban J connectivity index is 2.02. The molecule has 11 heavy (non-hydrogen) atoms. The zero-order valence-electron chi connectivity index (χ0n) is 7.29. The Bertz CT molecular complexity index is 132. The lowest BCUT2D eigenvalue weighted by Gasteiger charge is -2.35. The van der Waals surface area contributed by atoms with E-state index in [1.165, 1.54) is 32.5 Å².